The molecule has 0 N–H and O–H groups in total. The number of rotatable bonds is 6. The van der Waals surface area contributed by atoms with E-state index < -0.39 is 0 Å². The molecule has 2 rings (SSSR count). The average molecular weight is 228 g/mol. The van der Waals surface area contributed by atoms with E-state index in [2.05, 4.69) is 31.2 Å². The van der Waals surface area contributed by atoms with Gasteiger partial charge in [-0.25, -0.2) is 0 Å². The number of hydrogen-bond donors (Lipinski definition) is 0. The van der Waals surface area contributed by atoms with Crippen LogP contribution in [0, 0.1) is 0 Å². The van der Waals surface area contributed by atoms with Gasteiger partial charge >= 0.3 is 0 Å². The van der Waals surface area contributed by atoms with Gasteiger partial charge in [-0.15, -0.1) is 0 Å². The fourth-order valence-corrected chi connectivity index (χ4v) is 2.08. The van der Waals surface area contributed by atoms with Crippen molar-refractivity contribution in [2.45, 2.75) is 39.0 Å². The first kappa shape index (κ1) is 12.0. The molecule has 0 fully saturated rings. The summed E-state index contributed by atoms with van der Waals surface area (Å²) in [4.78, 5) is 0. The van der Waals surface area contributed by atoms with E-state index in [0.717, 1.165) is 5.76 Å². The van der Waals surface area contributed by atoms with Crippen LogP contribution < -0.4 is 0 Å². The molecule has 1 aromatic heterocycles. The first-order valence-electron chi connectivity index (χ1n) is 6.53. The molecule has 0 atom stereocenters. The van der Waals surface area contributed by atoms with Crippen molar-refractivity contribution >= 4 is 0 Å². The lowest BCUT2D eigenvalue weighted by Gasteiger charge is -2.03. The van der Waals surface area contributed by atoms with E-state index in [1.54, 1.807) is 6.26 Å². The van der Waals surface area contributed by atoms with Crippen LogP contribution in [0.2, 0.25) is 0 Å². The van der Waals surface area contributed by atoms with Gasteiger partial charge < -0.3 is 4.42 Å². The van der Waals surface area contributed by atoms with Crippen molar-refractivity contribution in [1.29, 1.82) is 0 Å². The predicted octanol–water partition coefficient (Wildman–Crippen LogP) is 5.07. The zero-order valence-electron chi connectivity index (χ0n) is 10.5. The van der Waals surface area contributed by atoms with Crippen LogP contribution in [0.1, 0.15) is 38.2 Å². The van der Waals surface area contributed by atoms with E-state index in [0.29, 0.717) is 0 Å². The second kappa shape index (κ2) is 6.29. The van der Waals surface area contributed by atoms with Gasteiger partial charge in [-0.05, 0) is 36.6 Å². The van der Waals surface area contributed by atoms with Crippen LogP contribution in [0.15, 0.2) is 47.1 Å². The summed E-state index contributed by atoms with van der Waals surface area (Å²) in [5, 5.41) is 0. The molecular formula is C16H20O. The summed E-state index contributed by atoms with van der Waals surface area (Å²) in [6, 6.07) is 12.6. The van der Waals surface area contributed by atoms with Crippen molar-refractivity contribution in [3.05, 3.63) is 48.2 Å². The SMILES string of the molecule is CCCCCCc1cccc(-c2ccco2)c1. The number of aryl methyl sites for hydroxylation is 1. The van der Waals surface area contributed by atoms with Gasteiger partial charge in [-0.3, -0.25) is 0 Å². The molecule has 0 radical (unpaired) electrons. The summed E-state index contributed by atoms with van der Waals surface area (Å²) in [5.74, 6) is 0.959. The molecular weight excluding hydrogens is 208 g/mol. The molecule has 1 heteroatoms. The molecule has 0 amide bonds. The molecule has 0 aliphatic heterocycles. The maximum Gasteiger partial charge on any atom is 0.133 e. The Morgan fingerprint density at radius 3 is 2.71 bits per heavy atom. The quantitative estimate of drug-likeness (QED) is 0.629. The van der Waals surface area contributed by atoms with Crippen molar-refractivity contribution in [2.24, 2.45) is 0 Å². The third-order valence-corrected chi connectivity index (χ3v) is 3.05. The Kier molecular flexibility index (Phi) is 4.43. The fraction of sp³-hybridized carbons (Fsp3) is 0.375. The minimum absolute atomic E-state index is 0.959. The molecule has 1 aromatic carbocycles. The van der Waals surface area contributed by atoms with E-state index in [1.807, 2.05) is 12.1 Å². The van der Waals surface area contributed by atoms with Crippen LogP contribution in [-0.2, 0) is 6.42 Å². The van der Waals surface area contributed by atoms with Gasteiger partial charge in [0.2, 0.25) is 0 Å². The normalized spacial score (nSPS) is 10.6. The van der Waals surface area contributed by atoms with Crippen molar-refractivity contribution in [2.75, 3.05) is 0 Å². The van der Waals surface area contributed by atoms with Gasteiger partial charge in [0.1, 0.15) is 5.76 Å². The Hall–Kier alpha value is -1.50. The molecule has 0 aliphatic rings. The number of benzene rings is 1. The topological polar surface area (TPSA) is 13.1 Å². The second-order valence-electron chi connectivity index (χ2n) is 4.49. The monoisotopic (exact) mass is 228 g/mol. The molecule has 17 heavy (non-hydrogen) atoms. The van der Waals surface area contributed by atoms with E-state index in [1.165, 1.54) is 43.2 Å². The highest BCUT2D eigenvalue weighted by Gasteiger charge is 2.01. The number of hydrogen-bond acceptors (Lipinski definition) is 1. The van der Waals surface area contributed by atoms with Gasteiger partial charge in [0.15, 0.2) is 0 Å². The van der Waals surface area contributed by atoms with Crippen molar-refractivity contribution in [3.63, 3.8) is 0 Å². The van der Waals surface area contributed by atoms with Crippen molar-refractivity contribution < 1.29 is 4.42 Å². The summed E-state index contributed by atoms with van der Waals surface area (Å²) < 4.78 is 5.42. The first-order valence-corrected chi connectivity index (χ1v) is 6.53. The van der Waals surface area contributed by atoms with Crippen LogP contribution in [0.3, 0.4) is 0 Å². The van der Waals surface area contributed by atoms with Gasteiger partial charge in [-0.1, -0.05) is 44.4 Å². The maximum atomic E-state index is 5.42. The number of unbranched alkanes of at least 4 members (excludes halogenated alkanes) is 3. The zero-order chi connectivity index (χ0) is 11.9. The van der Waals surface area contributed by atoms with Gasteiger partial charge in [-0.2, -0.15) is 0 Å². The molecule has 90 valence electrons. The molecule has 0 unspecified atom stereocenters. The Morgan fingerprint density at radius 1 is 1.00 bits per heavy atom. The van der Waals surface area contributed by atoms with E-state index in [-0.39, 0.29) is 0 Å². The Bertz CT molecular complexity index is 429. The van der Waals surface area contributed by atoms with Gasteiger partial charge in [0.25, 0.3) is 0 Å². The molecule has 1 nitrogen and oxygen atoms in total. The van der Waals surface area contributed by atoms with Crippen LogP contribution >= 0.6 is 0 Å². The highest BCUT2D eigenvalue weighted by atomic mass is 16.3. The lowest BCUT2D eigenvalue weighted by Crippen LogP contribution is -1.86. The second-order valence-corrected chi connectivity index (χ2v) is 4.49. The van der Waals surface area contributed by atoms with E-state index >= 15 is 0 Å². The minimum Gasteiger partial charge on any atom is -0.464 e. The smallest absolute Gasteiger partial charge is 0.133 e. The predicted molar refractivity (Wildman–Crippen MR) is 72.0 cm³/mol. The van der Waals surface area contributed by atoms with Crippen LogP contribution in [-0.4, -0.2) is 0 Å². The van der Waals surface area contributed by atoms with Crippen LogP contribution in [0.5, 0.6) is 0 Å². The van der Waals surface area contributed by atoms with Crippen LogP contribution in [0.25, 0.3) is 11.3 Å². The third kappa shape index (κ3) is 3.48. The third-order valence-electron chi connectivity index (χ3n) is 3.05. The van der Waals surface area contributed by atoms with E-state index in [9.17, 15) is 0 Å². The summed E-state index contributed by atoms with van der Waals surface area (Å²) >= 11 is 0. The summed E-state index contributed by atoms with van der Waals surface area (Å²) in [5.41, 5.74) is 2.60. The maximum absolute atomic E-state index is 5.42. The van der Waals surface area contributed by atoms with Crippen molar-refractivity contribution in [3.8, 4) is 11.3 Å². The minimum atomic E-state index is 0.959. The standard InChI is InChI=1S/C16H20O/c1-2-3-4-5-8-14-9-6-10-15(13-14)16-11-7-12-17-16/h6-7,9-13H,2-5,8H2,1H3. The Balaban J connectivity index is 1.97. The lowest BCUT2D eigenvalue weighted by atomic mass is 10.0. The summed E-state index contributed by atoms with van der Waals surface area (Å²) in [6.07, 6.45) is 8.17. The van der Waals surface area contributed by atoms with E-state index in [4.69, 9.17) is 4.42 Å². The largest absolute Gasteiger partial charge is 0.464 e. The first-order chi connectivity index (χ1) is 8.40. The molecule has 0 spiro atoms. The zero-order valence-corrected chi connectivity index (χ0v) is 10.5. The van der Waals surface area contributed by atoms with Crippen LogP contribution in [0.4, 0.5) is 0 Å². The highest BCUT2D eigenvalue weighted by molar-refractivity contribution is 5.58. The molecule has 0 aliphatic carbocycles. The molecule has 0 saturated heterocycles. The molecule has 0 bridgehead atoms. The summed E-state index contributed by atoms with van der Waals surface area (Å²) in [7, 11) is 0. The lowest BCUT2D eigenvalue weighted by molar-refractivity contribution is 0.582. The summed E-state index contributed by atoms with van der Waals surface area (Å²) in [6.45, 7) is 2.25. The fourth-order valence-electron chi connectivity index (χ4n) is 2.08. The van der Waals surface area contributed by atoms with Gasteiger partial charge in [0, 0.05) is 5.56 Å². The molecule has 2 aromatic rings. The average Bonchev–Trinajstić information content (AvgIpc) is 2.89. The Labute approximate surface area is 103 Å². The Morgan fingerprint density at radius 2 is 1.94 bits per heavy atom. The molecule has 0 saturated carbocycles. The highest BCUT2D eigenvalue weighted by Crippen LogP contribution is 2.21. The van der Waals surface area contributed by atoms with Gasteiger partial charge in [0.05, 0.1) is 6.26 Å². The van der Waals surface area contributed by atoms with Crippen molar-refractivity contribution in [1.82, 2.24) is 0 Å². The molecule has 1 heterocycles. The number of furan rings is 1.